The van der Waals surface area contributed by atoms with Crippen molar-refractivity contribution < 1.29 is 4.42 Å². The topological polar surface area (TPSA) is 41.0 Å². The van der Waals surface area contributed by atoms with Crippen molar-refractivity contribution >= 4 is 180 Å². The first-order chi connectivity index (χ1) is 72.9. The molecule has 28 aromatic rings. The van der Waals surface area contributed by atoms with Crippen LogP contribution in [0.5, 0.6) is 0 Å². The molecule has 0 amide bonds. The summed E-state index contributed by atoms with van der Waals surface area (Å²) < 4.78 is 21.0. The second-order valence-corrected chi connectivity index (χ2v) is 45.0. The molecule has 150 heavy (non-hydrogen) atoms. The monoisotopic (exact) mass is 1950 g/mol. The number of hydrogen-bond donors (Lipinski definition) is 0. The molecule has 0 saturated carbocycles. The van der Waals surface area contributed by atoms with Crippen LogP contribution in [0.4, 0.5) is 17.1 Å². The van der Waals surface area contributed by atoms with E-state index in [1.807, 2.05) is 23.5 Å². The van der Waals surface area contributed by atoms with Crippen molar-refractivity contribution in [2.24, 2.45) is 0 Å². The zero-order valence-electron chi connectivity index (χ0n) is 86.7. The van der Waals surface area contributed by atoms with Crippen molar-refractivity contribution in [3.8, 4) is 61.8 Å². The first kappa shape index (κ1) is 93.5. The third kappa shape index (κ3) is 16.8. The Kier molecular flexibility index (Phi) is 23.3. The van der Waals surface area contributed by atoms with Gasteiger partial charge in [-0.1, -0.05) is 380 Å². The van der Waals surface area contributed by atoms with Crippen LogP contribution in [0.1, 0.15) is 105 Å². The summed E-state index contributed by atoms with van der Waals surface area (Å²) in [6.45, 7) is 27.1. The maximum absolute atomic E-state index is 6.35. The van der Waals surface area contributed by atoms with E-state index < -0.39 is 0 Å². The number of aromatic nitrogens is 5. The fourth-order valence-electron chi connectivity index (χ4n) is 22.6. The van der Waals surface area contributed by atoms with Crippen LogP contribution in [-0.4, -0.2) is 22.8 Å². The maximum atomic E-state index is 6.35. The molecular formula is C142H116N6OS. The van der Waals surface area contributed by atoms with E-state index >= 15 is 0 Å². The third-order valence-electron chi connectivity index (χ3n) is 30.4. The van der Waals surface area contributed by atoms with Gasteiger partial charge in [0.2, 0.25) is 0 Å². The van der Waals surface area contributed by atoms with Gasteiger partial charge in [-0.15, -0.1) is 11.3 Å². The van der Waals surface area contributed by atoms with Crippen LogP contribution in [0.3, 0.4) is 0 Å². The van der Waals surface area contributed by atoms with Crippen LogP contribution in [-0.2, 0) is 21.7 Å². The molecule has 21 aromatic carbocycles. The quantitative estimate of drug-likeness (QED) is 0.129. The minimum Gasteiger partial charge on any atom is -0.455 e. The Labute approximate surface area is 879 Å². The average Bonchev–Trinajstić information content (AvgIpc) is 1.59. The largest absolute Gasteiger partial charge is 0.455 e. The third-order valence-corrected chi connectivity index (χ3v) is 31.6. The Hall–Kier alpha value is -17.6. The Morgan fingerprint density at radius 3 is 0.913 bits per heavy atom. The molecule has 0 N–H and O–H groups in total. The second-order valence-electron chi connectivity index (χ2n) is 44.0. The van der Waals surface area contributed by atoms with Gasteiger partial charge in [-0.2, -0.15) is 0 Å². The van der Waals surface area contributed by atoms with E-state index in [0.29, 0.717) is 0 Å². The molecule has 0 aliphatic rings. The molecule has 0 spiro atoms. The predicted molar refractivity (Wildman–Crippen MR) is 643 cm³/mol. The SMILES string of the molecule is CC(C)(C)c1ccc(-n2c3ccccc3c3cc(-c4cccc5c4oc4ccccc45)ccc32)cc1.CC(C)(C)c1ccc(-n2c3ccccc3c3cc(-c4cccc5c4sc4ccccc45)ccc32)cc1.CC(C)(C)c1ccc(-n2c3ccccc3c3cc(N(c4ccccc4)c4ccccc4)ccc32)cc1.CC(C)(C)c1ccc(-n2c3ccccc3c3ccc(-c4ccc5c(c4)c4ccccc4n5-c4ccccc4)cc32)cc1. The smallest absolute Gasteiger partial charge is 0.143 e. The molecule has 0 saturated heterocycles. The van der Waals surface area contributed by atoms with Crippen molar-refractivity contribution in [2.75, 3.05) is 4.90 Å². The van der Waals surface area contributed by atoms with Gasteiger partial charge in [-0.25, -0.2) is 0 Å². The predicted octanol–water partition coefficient (Wildman–Crippen LogP) is 40.2. The van der Waals surface area contributed by atoms with E-state index in [0.717, 1.165) is 50.1 Å². The van der Waals surface area contributed by atoms with Gasteiger partial charge in [-0.3, -0.25) is 0 Å². The summed E-state index contributed by atoms with van der Waals surface area (Å²) >= 11 is 1.89. The summed E-state index contributed by atoms with van der Waals surface area (Å²) in [6, 6.07) is 176. The van der Waals surface area contributed by atoms with E-state index in [2.05, 4.69) is 584 Å². The number of benzene rings is 21. The maximum Gasteiger partial charge on any atom is 0.143 e. The number of fused-ring (bicyclic) bond motifs is 21. The van der Waals surface area contributed by atoms with E-state index in [1.54, 1.807) is 0 Å². The van der Waals surface area contributed by atoms with E-state index in [1.165, 1.54) is 202 Å². The van der Waals surface area contributed by atoms with Crippen LogP contribution in [0.2, 0.25) is 0 Å². The molecule has 0 aliphatic carbocycles. The molecule has 0 bridgehead atoms. The molecule has 28 rings (SSSR count). The molecule has 0 radical (unpaired) electrons. The van der Waals surface area contributed by atoms with Crippen LogP contribution < -0.4 is 4.90 Å². The number of thiophene rings is 1. The lowest BCUT2D eigenvalue weighted by atomic mass is 9.87. The van der Waals surface area contributed by atoms with Crippen LogP contribution >= 0.6 is 11.3 Å². The fourth-order valence-corrected chi connectivity index (χ4v) is 23.9. The normalized spacial score (nSPS) is 12.1. The lowest BCUT2D eigenvalue weighted by Crippen LogP contribution is -2.10. The summed E-state index contributed by atoms with van der Waals surface area (Å²) in [4.78, 5) is 2.32. The summed E-state index contributed by atoms with van der Waals surface area (Å²) in [6.07, 6.45) is 0. The molecule has 8 heteroatoms. The van der Waals surface area contributed by atoms with Gasteiger partial charge < -0.3 is 32.2 Å². The number of para-hydroxylation sites is 10. The fraction of sp³-hybridized carbons (Fsp3) is 0.113. The van der Waals surface area contributed by atoms with Crippen molar-refractivity contribution in [2.45, 2.75) is 105 Å². The number of hydrogen-bond acceptors (Lipinski definition) is 3. The standard InChI is InChI=1S/C40H32N2.C34H30N2.C34H27NO.C34H27NS/c1-40(2,3)29-19-21-31(22-20-29)42-36-15-9-7-13-32(36)34-23-17-28(26-39(34)42)27-18-24-38-35(25-27)33-14-8-10-16-37(33)41(38)30-11-5-4-6-12-30;1-34(2,3)25-18-20-28(21-19-25)36-32-17-11-10-16-30(32)31-24-29(22-23-33(31)36)35(26-12-6-4-7-13-26)27-14-8-5-9-15-27;2*1-34(2,3)23-16-18-24(19-17-23)35-30-13-6-4-9-26(30)29-21-22(15-20-31(29)35)25-11-8-12-28-27-10-5-7-14-32(27)36-33(25)28/h4-26H,1-3H3;4-24H,1-3H3;2*4-21H,1-3H3. The zero-order valence-corrected chi connectivity index (χ0v) is 87.5. The minimum absolute atomic E-state index is 0.120. The minimum atomic E-state index is 0.120. The molecular weight excluding hydrogens is 1840 g/mol. The van der Waals surface area contributed by atoms with Crippen LogP contribution in [0, 0.1) is 0 Å². The molecule has 0 unspecified atom stereocenters. The molecule has 0 atom stereocenters. The van der Waals surface area contributed by atoms with Crippen molar-refractivity contribution in [1.82, 2.24) is 22.8 Å². The highest BCUT2D eigenvalue weighted by Crippen LogP contribution is 2.48. The number of furan rings is 1. The zero-order chi connectivity index (χ0) is 102. The summed E-state index contributed by atoms with van der Waals surface area (Å²) in [5.74, 6) is 0. The summed E-state index contributed by atoms with van der Waals surface area (Å²) in [5.41, 5.74) is 36.7. The molecule has 7 heterocycles. The van der Waals surface area contributed by atoms with Gasteiger partial charge >= 0.3 is 0 Å². The van der Waals surface area contributed by atoms with Gasteiger partial charge in [0, 0.05) is 136 Å². The van der Waals surface area contributed by atoms with Gasteiger partial charge in [0.05, 0.1) is 55.2 Å². The van der Waals surface area contributed by atoms with Crippen molar-refractivity contribution in [1.29, 1.82) is 0 Å². The Morgan fingerprint density at radius 2 is 0.480 bits per heavy atom. The summed E-state index contributed by atoms with van der Waals surface area (Å²) in [7, 11) is 0. The average molecular weight is 1950 g/mol. The van der Waals surface area contributed by atoms with Crippen molar-refractivity contribution in [3.63, 3.8) is 0 Å². The van der Waals surface area contributed by atoms with Crippen LogP contribution in [0.15, 0.2) is 490 Å². The number of nitrogens with zero attached hydrogens (tertiary/aromatic N) is 6. The Balaban J connectivity index is 0.000000104. The highest BCUT2D eigenvalue weighted by molar-refractivity contribution is 7.26. The number of anilines is 3. The first-order valence-corrected chi connectivity index (χ1v) is 53.1. The first-order valence-electron chi connectivity index (χ1n) is 52.3. The van der Waals surface area contributed by atoms with Gasteiger partial charge in [-0.05, 0) is 260 Å². The van der Waals surface area contributed by atoms with E-state index in [4.69, 9.17) is 4.42 Å². The summed E-state index contributed by atoms with van der Waals surface area (Å²) in [5, 5.41) is 17.7. The lowest BCUT2D eigenvalue weighted by molar-refractivity contribution is 0.590. The molecule has 0 fully saturated rings. The Morgan fingerprint density at radius 1 is 0.187 bits per heavy atom. The van der Waals surface area contributed by atoms with Gasteiger partial charge in [0.25, 0.3) is 0 Å². The second kappa shape index (κ2) is 37.4. The van der Waals surface area contributed by atoms with Crippen LogP contribution in [0.25, 0.3) is 213 Å². The van der Waals surface area contributed by atoms with Gasteiger partial charge in [0.15, 0.2) is 0 Å². The highest BCUT2D eigenvalue weighted by atomic mass is 32.1. The molecule has 7 nitrogen and oxygen atoms in total. The highest BCUT2D eigenvalue weighted by Gasteiger charge is 2.27. The van der Waals surface area contributed by atoms with E-state index in [9.17, 15) is 0 Å². The lowest BCUT2D eigenvalue weighted by Gasteiger charge is -2.25. The van der Waals surface area contributed by atoms with Gasteiger partial charge in [0.1, 0.15) is 11.2 Å². The number of rotatable bonds is 11. The Bertz CT molecular complexity index is 9690. The van der Waals surface area contributed by atoms with Crippen molar-refractivity contribution in [3.05, 3.63) is 508 Å². The van der Waals surface area contributed by atoms with E-state index in [-0.39, 0.29) is 21.7 Å². The molecule has 7 aromatic heterocycles. The molecule has 0 aliphatic heterocycles. The molecule has 726 valence electrons.